The van der Waals surface area contributed by atoms with Crippen molar-refractivity contribution in [1.29, 1.82) is 5.26 Å². The van der Waals surface area contributed by atoms with Crippen molar-refractivity contribution in [2.75, 3.05) is 12.0 Å². The minimum Gasteiger partial charge on any atom is -0.493 e. The molecule has 0 atom stereocenters. The van der Waals surface area contributed by atoms with Crippen molar-refractivity contribution in [3.05, 3.63) is 75.9 Å². The first-order chi connectivity index (χ1) is 14.6. The van der Waals surface area contributed by atoms with Gasteiger partial charge in [-0.2, -0.15) is 5.26 Å². The van der Waals surface area contributed by atoms with Crippen molar-refractivity contribution in [1.82, 2.24) is 4.57 Å². The minimum absolute atomic E-state index is 0.0965. The number of anilines is 1. The second kappa shape index (κ2) is 9.45. The van der Waals surface area contributed by atoms with Gasteiger partial charge in [-0.1, -0.05) is 47.7 Å². The van der Waals surface area contributed by atoms with Crippen LogP contribution < -0.4 is 16.0 Å². The van der Waals surface area contributed by atoms with E-state index in [1.54, 1.807) is 25.1 Å². The molecule has 0 unspecified atom stereocenters. The molecule has 2 aromatic carbocycles. The lowest BCUT2D eigenvalue weighted by atomic mass is 10.2. The Morgan fingerprint density at radius 2 is 1.87 bits per heavy atom. The second-order valence-corrected chi connectivity index (χ2v) is 6.90. The predicted molar refractivity (Wildman–Crippen MR) is 114 cm³/mol. The lowest BCUT2D eigenvalue weighted by Gasteiger charge is -2.07. The largest absolute Gasteiger partial charge is 0.493 e. The van der Waals surface area contributed by atoms with Crippen LogP contribution in [0.5, 0.6) is 5.88 Å². The van der Waals surface area contributed by atoms with Crippen LogP contribution in [0.15, 0.2) is 71.3 Å². The van der Waals surface area contributed by atoms with E-state index in [-0.39, 0.29) is 28.6 Å². The third kappa shape index (κ3) is 4.34. The van der Waals surface area contributed by atoms with Gasteiger partial charge < -0.3 is 15.6 Å². The number of para-hydroxylation sites is 2. The van der Waals surface area contributed by atoms with Crippen LogP contribution in [0, 0.1) is 11.3 Å². The molecule has 0 aliphatic heterocycles. The van der Waals surface area contributed by atoms with Crippen LogP contribution in [0.1, 0.15) is 11.8 Å². The summed E-state index contributed by atoms with van der Waals surface area (Å²) in [7, 11) is 0. The van der Waals surface area contributed by atoms with Gasteiger partial charge in [0.15, 0.2) is 5.57 Å². The van der Waals surface area contributed by atoms with Gasteiger partial charge in [0.2, 0.25) is 10.7 Å². The molecule has 152 valence electrons. The van der Waals surface area contributed by atoms with Crippen molar-refractivity contribution in [3.63, 3.8) is 0 Å². The number of hydrogen-bond acceptors (Lipinski definition) is 8. The van der Waals surface area contributed by atoms with Gasteiger partial charge in [-0.25, -0.2) is 4.79 Å². The number of carbonyl (C=O) groups is 1. The number of esters is 1. The summed E-state index contributed by atoms with van der Waals surface area (Å²) in [6.45, 7) is 1.72. The summed E-state index contributed by atoms with van der Waals surface area (Å²) in [4.78, 5) is 12.6. The van der Waals surface area contributed by atoms with Gasteiger partial charge in [-0.05, 0) is 31.2 Å². The summed E-state index contributed by atoms with van der Waals surface area (Å²) in [5.74, 6) is -1.09. The number of ether oxygens (including phenoxy) is 1. The SMILES string of the molecule is CCOC(=O)/C(C#N)=C(\N)c1s/c(=N\Nc2ccccc2)n(-c2ccccc2)c1O. The Balaban J connectivity index is 2.18. The smallest absolute Gasteiger partial charge is 0.351 e. The fourth-order valence-corrected chi connectivity index (χ4v) is 3.54. The molecule has 1 aromatic heterocycles. The number of nitrogens with zero attached hydrogens (tertiary/aromatic N) is 3. The Kier molecular flexibility index (Phi) is 6.52. The number of aromatic nitrogens is 1. The highest BCUT2D eigenvalue weighted by Gasteiger charge is 2.23. The number of nitriles is 1. The third-order valence-electron chi connectivity index (χ3n) is 3.97. The predicted octanol–water partition coefficient (Wildman–Crippen LogP) is 2.93. The molecule has 8 nitrogen and oxygen atoms in total. The number of nitrogens with one attached hydrogen (secondary N) is 1. The van der Waals surface area contributed by atoms with Gasteiger partial charge in [0.1, 0.15) is 10.9 Å². The summed E-state index contributed by atoms with van der Waals surface area (Å²) in [5, 5.41) is 24.7. The molecule has 3 rings (SSSR count). The van der Waals surface area contributed by atoms with Gasteiger partial charge in [0.25, 0.3) is 0 Å². The number of hydrogen-bond donors (Lipinski definition) is 3. The monoisotopic (exact) mass is 421 g/mol. The van der Waals surface area contributed by atoms with Crippen LogP contribution in [-0.2, 0) is 9.53 Å². The normalized spacial score (nSPS) is 12.1. The van der Waals surface area contributed by atoms with E-state index < -0.39 is 5.97 Å². The molecule has 3 aromatic rings. The number of carbonyl (C=O) groups excluding carboxylic acids is 1. The van der Waals surface area contributed by atoms with Crippen molar-refractivity contribution in [3.8, 4) is 17.6 Å². The van der Waals surface area contributed by atoms with E-state index in [0.717, 1.165) is 17.0 Å². The first-order valence-corrected chi connectivity index (χ1v) is 9.80. The molecule has 30 heavy (non-hydrogen) atoms. The molecule has 0 aliphatic carbocycles. The standard InChI is InChI=1S/C21H19N5O3S/c1-2-29-20(28)16(13-22)17(23)18-19(27)26(15-11-7-4-8-12-15)21(30-18)25-24-14-9-5-3-6-10-14/h3-12,24,27H,2,23H2,1H3/b17-16-,25-21-. The van der Waals surface area contributed by atoms with Crippen LogP contribution in [0.2, 0.25) is 0 Å². The average molecular weight is 421 g/mol. The van der Waals surface area contributed by atoms with Gasteiger partial charge >= 0.3 is 5.97 Å². The minimum atomic E-state index is -0.850. The number of rotatable bonds is 6. The molecule has 0 amide bonds. The molecule has 0 radical (unpaired) electrons. The van der Waals surface area contributed by atoms with E-state index in [9.17, 15) is 15.2 Å². The van der Waals surface area contributed by atoms with E-state index in [2.05, 4.69) is 10.5 Å². The van der Waals surface area contributed by atoms with E-state index in [4.69, 9.17) is 10.5 Å². The fourth-order valence-electron chi connectivity index (χ4n) is 2.59. The van der Waals surface area contributed by atoms with Crippen molar-refractivity contribution in [2.45, 2.75) is 6.92 Å². The maximum Gasteiger partial charge on any atom is 0.351 e. The van der Waals surface area contributed by atoms with Crippen molar-refractivity contribution < 1.29 is 14.6 Å². The molecule has 0 bridgehead atoms. The van der Waals surface area contributed by atoms with Crippen LogP contribution >= 0.6 is 11.3 Å². The zero-order valence-corrected chi connectivity index (χ0v) is 16.9. The molecule has 1 heterocycles. The Morgan fingerprint density at radius 1 is 1.23 bits per heavy atom. The van der Waals surface area contributed by atoms with Crippen LogP contribution in [-0.4, -0.2) is 22.2 Å². The zero-order valence-electron chi connectivity index (χ0n) is 16.1. The molecule has 0 saturated heterocycles. The van der Waals surface area contributed by atoms with Crippen LogP contribution in [0.4, 0.5) is 5.69 Å². The molecule has 0 aliphatic rings. The molecular weight excluding hydrogens is 402 g/mol. The van der Waals surface area contributed by atoms with Gasteiger partial charge in [0, 0.05) is 0 Å². The number of aromatic hydroxyl groups is 1. The van der Waals surface area contributed by atoms with Crippen molar-refractivity contribution in [2.24, 2.45) is 10.8 Å². The molecule has 9 heteroatoms. The average Bonchev–Trinajstić information content (AvgIpc) is 3.10. The van der Waals surface area contributed by atoms with E-state index in [1.165, 1.54) is 4.57 Å². The molecule has 0 spiro atoms. The first-order valence-electron chi connectivity index (χ1n) is 8.99. The maximum absolute atomic E-state index is 12.1. The molecule has 0 saturated carbocycles. The second-order valence-electron chi connectivity index (χ2n) is 5.92. The molecule has 0 fully saturated rings. The van der Waals surface area contributed by atoms with Gasteiger partial charge in [-0.15, -0.1) is 5.10 Å². The highest BCUT2D eigenvalue weighted by Crippen LogP contribution is 2.30. The Labute approximate surface area is 176 Å². The maximum atomic E-state index is 12.1. The van der Waals surface area contributed by atoms with Gasteiger partial charge in [0.05, 0.1) is 23.7 Å². The summed E-state index contributed by atoms with van der Waals surface area (Å²) < 4.78 is 6.36. The Hall–Kier alpha value is -4.03. The summed E-state index contributed by atoms with van der Waals surface area (Å²) >= 11 is 1.03. The lowest BCUT2D eigenvalue weighted by Crippen LogP contribution is -2.14. The van der Waals surface area contributed by atoms with Gasteiger partial charge in [-0.3, -0.25) is 9.99 Å². The summed E-state index contributed by atoms with van der Waals surface area (Å²) in [6, 6.07) is 20.1. The fraction of sp³-hybridized carbons (Fsp3) is 0.0952. The lowest BCUT2D eigenvalue weighted by molar-refractivity contribution is -0.137. The third-order valence-corrected chi connectivity index (χ3v) is 5.04. The highest BCUT2D eigenvalue weighted by atomic mass is 32.1. The topological polar surface area (TPSA) is 126 Å². The Morgan fingerprint density at radius 3 is 2.47 bits per heavy atom. The summed E-state index contributed by atoms with van der Waals surface area (Å²) in [5.41, 5.74) is 9.83. The van der Waals surface area contributed by atoms with Crippen LogP contribution in [0.3, 0.4) is 0 Å². The van der Waals surface area contributed by atoms with E-state index in [0.29, 0.717) is 10.5 Å². The highest BCUT2D eigenvalue weighted by molar-refractivity contribution is 7.10. The number of nitrogens with two attached hydrogens (primary N) is 1. The van der Waals surface area contributed by atoms with E-state index in [1.807, 2.05) is 48.5 Å². The quantitative estimate of drug-likeness (QED) is 0.243. The first kappa shape index (κ1) is 20.7. The number of benzene rings is 2. The van der Waals surface area contributed by atoms with E-state index >= 15 is 0 Å². The Bertz CT molecular complexity index is 1170. The van der Waals surface area contributed by atoms with Crippen LogP contribution in [0.25, 0.3) is 11.4 Å². The molecular formula is C21H19N5O3S. The summed E-state index contributed by atoms with van der Waals surface area (Å²) in [6.07, 6.45) is 0. The zero-order chi connectivity index (χ0) is 21.5. The molecule has 4 N–H and O–H groups in total. The number of thiazole rings is 1. The van der Waals surface area contributed by atoms with Crippen molar-refractivity contribution >= 4 is 28.7 Å².